The first-order valence-corrected chi connectivity index (χ1v) is 5.06. The molecule has 0 heterocycles. The molecule has 4 heteroatoms. The lowest BCUT2D eigenvalue weighted by Crippen LogP contribution is -2.46. The van der Waals surface area contributed by atoms with Gasteiger partial charge in [0.1, 0.15) is 6.23 Å². The lowest BCUT2D eigenvalue weighted by atomic mass is 10.2. The molecule has 0 aromatic carbocycles. The second kappa shape index (κ2) is 6.35. The van der Waals surface area contributed by atoms with Gasteiger partial charge in [-0.2, -0.15) is 0 Å². The van der Waals surface area contributed by atoms with E-state index in [-0.39, 0.29) is 12.4 Å². The summed E-state index contributed by atoms with van der Waals surface area (Å²) in [6.07, 6.45) is 0.109. The van der Waals surface area contributed by atoms with Crippen molar-refractivity contribution in [2.45, 2.75) is 26.2 Å². The fourth-order valence-corrected chi connectivity index (χ4v) is 1.15. The third-order valence-corrected chi connectivity index (χ3v) is 2.29. The summed E-state index contributed by atoms with van der Waals surface area (Å²) < 4.78 is 5.58. The molecule has 0 spiro atoms. The van der Waals surface area contributed by atoms with Crippen LogP contribution in [0.25, 0.3) is 0 Å². The van der Waals surface area contributed by atoms with Gasteiger partial charge in [0.05, 0.1) is 12.8 Å². The lowest BCUT2D eigenvalue weighted by Gasteiger charge is -2.31. The summed E-state index contributed by atoms with van der Waals surface area (Å²) in [7, 11) is 8.15. The second-order valence-corrected chi connectivity index (χ2v) is 4.45. The van der Waals surface area contributed by atoms with E-state index in [9.17, 15) is 0 Å². The zero-order chi connectivity index (χ0) is 11.3. The van der Waals surface area contributed by atoms with Crippen molar-refractivity contribution in [3.8, 4) is 0 Å². The van der Waals surface area contributed by atoms with Gasteiger partial charge in [-0.25, -0.2) is 0 Å². The molecule has 0 amide bonds. The van der Waals surface area contributed by atoms with Gasteiger partial charge >= 0.3 is 0 Å². The van der Waals surface area contributed by atoms with E-state index in [1.165, 1.54) is 0 Å². The minimum atomic E-state index is -0.169. The van der Waals surface area contributed by atoms with Gasteiger partial charge in [-0.15, -0.1) is 0 Å². The third kappa shape index (κ3) is 4.91. The molecule has 1 unspecified atom stereocenters. The summed E-state index contributed by atoms with van der Waals surface area (Å²) >= 11 is 0. The number of likely N-dealkylation sites (N-methyl/N-ethyl adjacent to an activating group) is 2. The van der Waals surface area contributed by atoms with Crippen molar-refractivity contribution in [3.05, 3.63) is 0 Å². The van der Waals surface area contributed by atoms with Gasteiger partial charge in [0.25, 0.3) is 0 Å². The Bertz CT molecular complexity index is 140. The number of nitrogens with zero attached hydrogens (tertiary/aromatic N) is 2. The molecule has 0 fully saturated rings. The van der Waals surface area contributed by atoms with E-state index in [0.717, 1.165) is 0 Å². The maximum Gasteiger partial charge on any atom is 0.108 e. The van der Waals surface area contributed by atoms with Crippen LogP contribution in [0.5, 0.6) is 0 Å². The second-order valence-electron chi connectivity index (χ2n) is 4.45. The van der Waals surface area contributed by atoms with Gasteiger partial charge in [0.2, 0.25) is 0 Å². The van der Waals surface area contributed by atoms with Crippen LogP contribution >= 0.6 is 0 Å². The molecule has 0 bridgehead atoms. The molecule has 2 N–H and O–H groups in total. The van der Waals surface area contributed by atoms with Crippen molar-refractivity contribution < 1.29 is 4.74 Å². The van der Waals surface area contributed by atoms with Gasteiger partial charge in [0, 0.05) is 0 Å². The van der Waals surface area contributed by atoms with Crippen LogP contribution in [0.1, 0.15) is 13.8 Å². The molecule has 0 aliphatic rings. The molecule has 0 aromatic rings. The molecule has 1 atom stereocenters. The molecule has 0 saturated carbocycles. The highest BCUT2D eigenvalue weighted by Gasteiger charge is 2.16. The van der Waals surface area contributed by atoms with Gasteiger partial charge in [-0.1, -0.05) is 13.8 Å². The van der Waals surface area contributed by atoms with Crippen molar-refractivity contribution in [1.82, 2.24) is 9.80 Å². The fourth-order valence-electron chi connectivity index (χ4n) is 1.15. The highest BCUT2D eigenvalue weighted by Crippen LogP contribution is 2.04. The average molecular weight is 203 g/mol. The maximum atomic E-state index is 5.81. The summed E-state index contributed by atoms with van der Waals surface area (Å²) in [5, 5.41) is 0. The largest absolute Gasteiger partial charge is 0.360 e. The smallest absolute Gasteiger partial charge is 0.108 e. The summed E-state index contributed by atoms with van der Waals surface area (Å²) in [5.74, 6) is 0.361. The maximum absolute atomic E-state index is 5.81. The van der Waals surface area contributed by atoms with Crippen LogP contribution in [-0.2, 0) is 4.74 Å². The van der Waals surface area contributed by atoms with Crippen LogP contribution in [0.2, 0.25) is 0 Å². The Morgan fingerprint density at radius 3 is 1.79 bits per heavy atom. The molecule has 0 radical (unpaired) electrons. The van der Waals surface area contributed by atoms with Crippen molar-refractivity contribution in [2.24, 2.45) is 11.7 Å². The Balaban J connectivity index is 3.94. The predicted octanol–water partition coefficient (Wildman–Crippen LogP) is 0.393. The standard InChI is InChI=1S/C10H25N3O/c1-8(2)10(11)14-7-9(12(3)4)13(5)6/h8-10H,7,11H2,1-6H3. The van der Waals surface area contributed by atoms with Crippen molar-refractivity contribution in [1.29, 1.82) is 0 Å². The Labute approximate surface area is 88.0 Å². The molecule has 14 heavy (non-hydrogen) atoms. The monoisotopic (exact) mass is 203 g/mol. The first kappa shape index (κ1) is 13.8. The van der Waals surface area contributed by atoms with Crippen LogP contribution in [-0.4, -0.2) is 57.0 Å². The van der Waals surface area contributed by atoms with Crippen LogP contribution in [0.3, 0.4) is 0 Å². The molecule has 0 saturated heterocycles. The molecule has 0 aliphatic carbocycles. The zero-order valence-electron chi connectivity index (χ0n) is 10.3. The predicted molar refractivity (Wildman–Crippen MR) is 59.9 cm³/mol. The number of rotatable bonds is 6. The van der Waals surface area contributed by atoms with Crippen LogP contribution in [0, 0.1) is 5.92 Å². The first-order chi connectivity index (χ1) is 6.36. The fraction of sp³-hybridized carbons (Fsp3) is 1.00. The lowest BCUT2D eigenvalue weighted by molar-refractivity contribution is -0.0357. The van der Waals surface area contributed by atoms with E-state index in [2.05, 4.69) is 23.6 Å². The SMILES string of the molecule is CC(C)C(N)OCC(N(C)C)N(C)C. The minimum Gasteiger partial charge on any atom is -0.360 e. The molecule has 0 aromatic heterocycles. The van der Waals surface area contributed by atoms with E-state index in [1.54, 1.807) is 0 Å². The first-order valence-electron chi connectivity index (χ1n) is 5.06. The number of ether oxygens (including phenoxy) is 1. The Morgan fingerprint density at radius 1 is 1.07 bits per heavy atom. The van der Waals surface area contributed by atoms with Gasteiger partial charge < -0.3 is 10.5 Å². The Morgan fingerprint density at radius 2 is 1.50 bits per heavy atom. The number of hydrogen-bond donors (Lipinski definition) is 1. The van der Waals surface area contributed by atoms with E-state index in [1.807, 2.05) is 28.2 Å². The molecule has 0 rings (SSSR count). The van der Waals surface area contributed by atoms with Crippen molar-refractivity contribution in [2.75, 3.05) is 34.8 Å². The highest BCUT2D eigenvalue weighted by molar-refractivity contribution is 4.63. The van der Waals surface area contributed by atoms with Crippen molar-refractivity contribution >= 4 is 0 Å². The number of hydrogen-bond acceptors (Lipinski definition) is 4. The molecular weight excluding hydrogens is 178 g/mol. The number of nitrogens with two attached hydrogens (primary N) is 1. The molecule has 86 valence electrons. The third-order valence-electron chi connectivity index (χ3n) is 2.29. The molecule has 4 nitrogen and oxygen atoms in total. The summed E-state index contributed by atoms with van der Waals surface area (Å²) in [6.45, 7) is 4.76. The summed E-state index contributed by atoms with van der Waals surface area (Å²) in [6, 6.07) is 0. The van der Waals surface area contributed by atoms with E-state index in [0.29, 0.717) is 12.5 Å². The summed E-state index contributed by atoms with van der Waals surface area (Å²) in [5.41, 5.74) is 5.81. The molecule has 0 aliphatic heterocycles. The normalized spacial score (nSPS) is 14.8. The minimum absolute atomic E-state index is 0.169. The Kier molecular flexibility index (Phi) is 6.27. The zero-order valence-corrected chi connectivity index (χ0v) is 10.3. The van der Waals surface area contributed by atoms with E-state index < -0.39 is 0 Å². The quantitative estimate of drug-likeness (QED) is 0.634. The summed E-state index contributed by atoms with van der Waals surface area (Å²) in [4.78, 5) is 4.24. The van der Waals surface area contributed by atoms with E-state index in [4.69, 9.17) is 10.5 Å². The average Bonchev–Trinajstić information content (AvgIpc) is 2.02. The molecular formula is C10H25N3O. The van der Waals surface area contributed by atoms with Gasteiger partial charge in [-0.3, -0.25) is 9.80 Å². The van der Waals surface area contributed by atoms with E-state index >= 15 is 0 Å². The van der Waals surface area contributed by atoms with Crippen LogP contribution in [0.4, 0.5) is 0 Å². The Hall–Kier alpha value is -0.160. The topological polar surface area (TPSA) is 41.7 Å². The van der Waals surface area contributed by atoms with Crippen molar-refractivity contribution in [3.63, 3.8) is 0 Å². The highest BCUT2D eigenvalue weighted by atomic mass is 16.5. The van der Waals surface area contributed by atoms with Crippen LogP contribution < -0.4 is 5.73 Å². The van der Waals surface area contributed by atoms with Gasteiger partial charge in [0.15, 0.2) is 0 Å². The van der Waals surface area contributed by atoms with Crippen LogP contribution in [0.15, 0.2) is 0 Å². The van der Waals surface area contributed by atoms with Gasteiger partial charge in [-0.05, 0) is 34.1 Å².